The predicted octanol–water partition coefficient (Wildman–Crippen LogP) is 2.83. The van der Waals surface area contributed by atoms with Crippen LogP contribution in [0.1, 0.15) is 41.8 Å². The molecule has 2 aromatic carbocycles. The maximum absolute atomic E-state index is 12.8. The summed E-state index contributed by atoms with van der Waals surface area (Å²) in [7, 11) is 1.31. The number of halogens is 1. The van der Waals surface area contributed by atoms with Crippen LogP contribution in [0, 0.1) is 5.92 Å². The van der Waals surface area contributed by atoms with Gasteiger partial charge in [-0.25, -0.2) is 4.79 Å². The Hall–Kier alpha value is -3.39. The molecule has 0 fully saturated rings. The number of carbonyl (C=O) groups is 3. The lowest BCUT2D eigenvalue weighted by Gasteiger charge is -2.20. The molecule has 0 aliphatic rings. The third kappa shape index (κ3) is 8.94. The standard InChI is InChI=1S/C24H29ClN4O4/c1-15(2)11-20(22(31)27-14-17-5-4-6-18(12-17)23(32)33-3)28-24(26)29-21(30)13-16-7-9-19(25)10-8-16/h4-10,12,15,20H,11,13-14H2,1-3H3,(H,27,31)(H3,26,28,29,30). The lowest BCUT2D eigenvalue weighted by Crippen LogP contribution is -2.49. The molecule has 2 aromatic rings. The van der Waals surface area contributed by atoms with Crippen LogP contribution in [0.15, 0.2) is 53.5 Å². The van der Waals surface area contributed by atoms with E-state index in [1.807, 2.05) is 13.8 Å². The zero-order valence-corrected chi connectivity index (χ0v) is 19.7. The minimum absolute atomic E-state index is 0.0666. The van der Waals surface area contributed by atoms with E-state index < -0.39 is 17.9 Å². The summed E-state index contributed by atoms with van der Waals surface area (Å²) in [6.07, 6.45) is 0.548. The molecule has 9 heteroatoms. The highest BCUT2D eigenvalue weighted by atomic mass is 35.5. The van der Waals surface area contributed by atoms with E-state index >= 15 is 0 Å². The van der Waals surface area contributed by atoms with Crippen molar-refractivity contribution in [2.24, 2.45) is 16.6 Å². The summed E-state index contributed by atoms with van der Waals surface area (Å²) in [6.45, 7) is 4.16. The van der Waals surface area contributed by atoms with Crippen LogP contribution in [0.5, 0.6) is 0 Å². The summed E-state index contributed by atoms with van der Waals surface area (Å²) in [5.41, 5.74) is 7.81. The Balaban J connectivity index is 2.00. The van der Waals surface area contributed by atoms with Crippen LogP contribution >= 0.6 is 11.6 Å². The molecule has 0 heterocycles. The number of benzene rings is 2. The Morgan fingerprint density at radius 1 is 1.09 bits per heavy atom. The topological polar surface area (TPSA) is 123 Å². The average molecular weight is 473 g/mol. The maximum atomic E-state index is 12.8. The first-order valence-electron chi connectivity index (χ1n) is 10.5. The molecule has 0 bridgehead atoms. The summed E-state index contributed by atoms with van der Waals surface area (Å²) in [5.74, 6) is -1.12. The highest BCUT2D eigenvalue weighted by molar-refractivity contribution is 6.30. The Kier molecular flexibility index (Phi) is 9.87. The lowest BCUT2D eigenvalue weighted by molar-refractivity contribution is -0.123. The summed E-state index contributed by atoms with van der Waals surface area (Å²) >= 11 is 5.85. The number of nitrogens with one attached hydrogen (secondary N) is 2. The van der Waals surface area contributed by atoms with Gasteiger partial charge in [-0.2, -0.15) is 4.99 Å². The largest absolute Gasteiger partial charge is 0.465 e. The van der Waals surface area contributed by atoms with E-state index in [0.717, 1.165) is 11.1 Å². The van der Waals surface area contributed by atoms with Crippen molar-refractivity contribution in [3.8, 4) is 0 Å². The fourth-order valence-electron chi connectivity index (χ4n) is 3.10. The number of guanidine groups is 1. The van der Waals surface area contributed by atoms with Crippen molar-refractivity contribution < 1.29 is 19.1 Å². The maximum Gasteiger partial charge on any atom is 0.337 e. The van der Waals surface area contributed by atoms with Crippen molar-refractivity contribution >= 4 is 35.3 Å². The van der Waals surface area contributed by atoms with E-state index in [2.05, 4.69) is 15.6 Å². The number of nitrogens with two attached hydrogens (primary N) is 1. The van der Waals surface area contributed by atoms with Crippen molar-refractivity contribution in [2.75, 3.05) is 7.11 Å². The van der Waals surface area contributed by atoms with E-state index in [0.29, 0.717) is 17.0 Å². The predicted molar refractivity (Wildman–Crippen MR) is 128 cm³/mol. The number of rotatable bonds is 9. The number of ether oxygens (including phenoxy) is 1. The molecule has 0 aromatic heterocycles. The molecule has 0 saturated carbocycles. The fraction of sp³-hybridized carbons (Fsp3) is 0.333. The molecule has 4 N–H and O–H groups in total. The zero-order valence-electron chi connectivity index (χ0n) is 18.9. The van der Waals surface area contributed by atoms with Gasteiger partial charge in [0.25, 0.3) is 5.91 Å². The molecule has 0 spiro atoms. The molecule has 33 heavy (non-hydrogen) atoms. The molecule has 0 saturated heterocycles. The molecule has 0 aliphatic heterocycles. The van der Waals surface area contributed by atoms with Gasteiger partial charge in [-0.15, -0.1) is 0 Å². The van der Waals surface area contributed by atoms with Crippen molar-refractivity contribution in [3.05, 3.63) is 70.2 Å². The first-order chi connectivity index (χ1) is 15.7. The van der Waals surface area contributed by atoms with E-state index in [-0.39, 0.29) is 30.8 Å². The number of aliphatic imine (C=N–C) groups is 1. The molecule has 1 unspecified atom stereocenters. The van der Waals surface area contributed by atoms with Gasteiger partial charge in [-0.1, -0.05) is 49.7 Å². The average Bonchev–Trinajstić information content (AvgIpc) is 2.77. The quantitative estimate of drug-likeness (QED) is 0.293. The van der Waals surface area contributed by atoms with Crippen LogP contribution in [0.2, 0.25) is 5.02 Å². The molecule has 0 aliphatic carbocycles. The Bertz CT molecular complexity index is 1010. The minimum Gasteiger partial charge on any atom is -0.465 e. The number of esters is 1. The summed E-state index contributed by atoms with van der Waals surface area (Å²) in [6, 6.07) is 13.0. The van der Waals surface area contributed by atoms with Gasteiger partial charge in [0.15, 0.2) is 5.96 Å². The van der Waals surface area contributed by atoms with Gasteiger partial charge in [0.1, 0.15) is 6.04 Å². The zero-order chi connectivity index (χ0) is 24.4. The van der Waals surface area contributed by atoms with Crippen molar-refractivity contribution in [3.63, 3.8) is 0 Å². The molecular weight excluding hydrogens is 444 g/mol. The minimum atomic E-state index is -0.680. The molecule has 2 rings (SSSR count). The van der Waals surface area contributed by atoms with Crippen LogP contribution in [-0.4, -0.2) is 36.9 Å². The highest BCUT2D eigenvalue weighted by Crippen LogP contribution is 2.11. The summed E-state index contributed by atoms with van der Waals surface area (Å²) in [5, 5.41) is 6.26. The fourth-order valence-corrected chi connectivity index (χ4v) is 3.23. The molecular formula is C24H29ClN4O4. The van der Waals surface area contributed by atoms with Gasteiger partial charge in [-0.3, -0.25) is 9.59 Å². The SMILES string of the molecule is COC(=O)c1cccc(CNC(=O)C(CC(C)C)NC(N)=NC(=O)Cc2ccc(Cl)cc2)c1. The monoisotopic (exact) mass is 472 g/mol. The number of hydrogen-bond donors (Lipinski definition) is 3. The lowest BCUT2D eigenvalue weighted by atomic mass is 10.0. The van der Waals surface area contributed by atoms with Gasteiger partial charge < -0.3 is 21.1 Å². The van der Waals surface area contributed by atoms with Gasteiger partial charge in [-0.05, 0) is 47.7 Å². The Morgan fingerprint density at radius 2 is 1.79 bits per heavy atom. The number of amides is 2. The highest BCUT2D eigenvalue weighted by Gasteiger charge is 2.21. The van der Waals surface area contributed by atoms with E-state index in [4.69, 9.17) is 22.1 Å². The van der Waals surface area contributed by atoms with E-state index in [1.54, 1.807) is 48.5 Å². The molecule has 176 valence electrons. The van der Waals surface area contributed by atoms with Crippen LogP contribution in [0.3, 0.4) is 0 Å². The second-order valence-electron chi connectivity index (χ2n) is 7.93. The van der Waals surface area contributed by atoms with Gasteiger partial charge >= 0.3 is 5.97 Å². The molecule has 8 nitrogen and oxygen atoms in total. The third-order valence-electron chi connectivity index (χ3n) is 4.67. The van der Waals surface area contributed by atoms with Crippen molar-refractivity contribution in [1.29, 1.82) is 0 Å². The van der Waals surface area contributed by atoms with Gasteiger partial charge in [0, 0.05) is 11.6 Å². The third-order valence-corrected chi connectivity index (χ3v) is 4.93. The van der Waals surface area contributed by atoms with Gasteiger partial charge in [0.2, 0.25) is 5.91 Å². The molecule has 2 amide bonds. The first-order valence-corrected chi connectivity index (χ1v) is 10.9. The smallest absolute Gasteiger partial charge is 0.337 e. The number of carbonyl (C=O) groups excluding carboxylic acids is 3. The van der Waals surface area contributed by atoms with Crippen LogP contribution < -0.4 is 16.4 Å². The summed E-state index contributed by atoms with van der Waals surface area (Å²) < 4.78 is 4.72. The van der Waals surface area contributed by atoms with Crippen LogP contribution in [-0.2, 0) is 27.3 Å². The van der Waals surface area contributed by atoms with Gasteiger partial charge in [0.05, 0.1) is 19.1 Å². The Labute approximate surface area is 198 Å². The molecule has 1 atom stereocenters. The first kappa shape index (κ1) is 25.9. The van der Waals surface area contributed by atoms with Crippen molar-refractivity contribution in [2.45, 2.75) is 39.3 Å². The molecule has 0 radical (unpaired) electrons. The Morgan fingerprint density at radius 3 is 2.42 bits per heavy atom. The number of nitrogens with zero attached hydrogens (tertiary/aromatic N) is 1. The second-order valence-corrected chi connectivity index (χ2v) is 8.37. The van der Waals surface area contributed by atoms with Crippen LogP contribution in [0.25, 0.3) is 0 Å². The van der Waals surface area contributed by atoms with E-state index in [1.165, 1.54) is 7.11 Å². The summed E-state index contributed by atoms with van der Waals surface area (Å²) in [4.78, 5) is 40.6. The van der Waals surface area contributed by atoms with Crippen LogP contribution in [0.4, 0.5) is 0 Å². The second kappa shape index (κ2) is 12.6. The number of methoxy groups -OCH3 is 1. The van der Waals surface area contributed by atoms with E-state index in [9.17, 15) is 14.4 Å². The number of hydrogen-bond acceptors (Lipinski definition) is 4. The van der Waals surface area contributed by atoms with Crippen molar-refractivity contribution in [1.82, 2.24) is 10.6 Å². The normalized spacial score (nSPS) is 12.2.